The molecule has 21 heavy (non-hydrogen) atoms. The lowest BCUT2D eigenvalue weighted by atomic mass is 9.87. The Morgan fingerprint density at radius 2 is 1.67 bits per heavy atom. The molecule has 0 radical (unpaired) electrons. The summed E-state index contributed by atoms with van der Waals surface area (Å²) in [6.07, 6.45) is 7.11. The zero-order valence-electron chi connectivity index (χ0n) is 12.3. The SMILES string of the molecule is O=C(C1CCCCC1)N1CCC(N2C(=O)CSC2=O)CC1. The minimum absolute atomic E-state index is 0.00425. The number of hydrogen-bond acceptors (Lipinski definition) is 4. The smallest absolute Gasteiger partial charge is 0.289 e. The predicted molar refractivity (Wildman–Crippen MR) is 80.9 cm³/mol. The minimum atomic E-state index is -0.114. The van der Waals surface area contributed by atoms with E-state index in [1.54, 1.807) is 0 Å². The Balaban J connectivity index is 1.54. The van der Waals surface area contributed by atoms with Crippen molar-refractivity contribution in [3.05, 3.63) is 0 Å². The van der Waals surface area contributed by atoms with E-state index >= 15 is 0 Å². The van der Waals surface area contributed by atoms with Crippen LogP contribution in [0.4, 0.5) is 4.79 Å². The van der Waals surface area contributed by atoms with Crippen molar-refractivity contribution in [1.82, 2.24) is 9.80 Å². The molecule has 3 rings (SSSR count). The van der Waals surface area contributed by atoms with Gasteiger partial charge in [-0.05, 0) is 25.7 Å². The Hall–Kier alpha value is -1.04. The fourth-order valence-electron chi connectivity index (χ4n) is 3.67. The summed E-state index contributed by atoms with van der Waals surface area (Å²) in [6.45, 7) is 1.36. The highest BCUT2D eigenvalue weighted by Crippen LogP contribution is 2.29. The molecule has 0 aromatic carbocycles. The molecular weight excluding hydrogens is 288 g/mol. The second-order valence-electron chi connectivity index (χ2n) is 6.21. The van der Waals surface area contributed by atoms with Gasteiger partial charge in [0.2, 0.25) is 11.8 Å². The number of carbonyl (C=O) groups excluding carboxylic acids is 3. The maximum atomic E-state index is 12.5. The lowest BCUT2D eigenvalue weighted by Crippen LogP contribution is -2.49. The quantitative estimate of drug-likeness (QED) is 0.785. The molecule has 3 amide bonds. The van der Waals surface area contributed by atoms with E-state index in [2.05, 4.69) is 0 Å². The second kappa shape index (κ2) is 6.38. The van der Waals surface area contributed by atoms with Crippen molar-refractivity contribution in [2.24, 2.45) is 5.92 Å². The van der Waals surface area contributed by atoms with Crippen molar-refractivity contribution in [3.8, 4) is 0 Å². The molecule has 3 aliphatic rings. The molecule has 0 unspecified atom stereocenters. The van der Waals surface area contributed by atoms with Crippen LogP contribution < -0.4 is 0 Å². The Morgan fingerprint density at radius 3 is 2.24 bits per heavy atom. The zero-order chi connectivity index (χ0) is 14.8. The zero-order valence-corrected chi connectivity index (χ0v) is 13.1. The van der Waals surface area contributed by atoms with Crippen molar-refractivity contribution in [3.63, 3.8) is 0 Å². The number of likely N-dealkylation sites (tertiary alicyclic amines) is 1. The third-order valence-corrected chi connectivity index (χ3v) is 5.72. The molecule has 2 heterocycles. The third kappa shape index (κ3) is 3.10. The molecule has 0 spiro atoms. The number of carbonyl (C=O) groups is 3. The van der Waals surface area contributed by atoms with Crippen molar-refractivity contribution in [1.29, 1.82) is 0 Å². The molecule has 3 fully saturated rings. The summed E-state index contributed by atoms with van der Waals surface area (Å²) in [5, 5.41) is -0.114. The molecular formula is C15H22N2O3S. The standard InChI is InChI=1S/C15H22N2O3S/c18-13-10-21-15(20)17(13)12-6-8-16(9-7-12)14(19)11-4-2-1-3-5-11/h11-12H,1-10H2. The van der Waals surface area contributed by atoms with E-state index in [-0.39, 0.29) is 28.9 Å². The van der Waals surface area contributed by atoms with Crippen LogP contribution in [0.1, 0.15) is 44.9 Å². The van der Waals surface area contributed by atoms with Gasteiger partial charge in [-0.1, -0.05) is 31.0 Å². The molecule has 0 N–H and O–H groups in total. The van der Waals surface area contributed by atoms with Crippen LogP contribution in [0.3, 0.4) is 0 Å². The van der Waals surface area contributed by atoms with Gasteiger partial charge in [0.25, 0.3) is 5.24 Å². The number of imide groups is 1. The van der Waals surface area contributed by atoms with Gasteiger partial charge in [0.15, 0.2) is 0 Å². The van der Waals surface area contributed by atoms with E-state index in [1.165, 1.54) is 24.2 Å². The Kier molecular flexibility index (Phi) is 4.52. The first-order chi connectivity index (χ1) is 10.2. The normalized spacial score (nSPS) is 25.7. The van der Waals surface area contributed by atoms with Gasteiger partial charge in [0.1, 0.15) is 0 Å². The van der Waals surface area contributed by atoms with Crippen LogP contribution in [-0.2, 0) is 9.59 Å². The average Bonchev–Trinajstić information content (AvgIpc) is 2.87. The second-order valence-corrected chi connectivity index (χ2v) is 7.14. The van der Waals surface area contributed by atoms with Gasteiger partial charge in [-0.15, -0.1) is 0 Å². The Bertz CT molecular complexity index is 424. The monoisotopic (exact) mass is 310 g/mol. The first-order valence-corrected chi connectivity index (χ1v) is 8.93. The molecule has 2 aliphatic heterocycles. The van der Waals surface area contributed by atoms with Gasteiger partial charge in [-0.3, -0.25) is 19.3 Å². The molecule has 0 aromatic heterocycles. The summed E-state index contributed by atoms with van der Waals surface area (Å²) >= 11 is 1.09. The van der Waals surface area contributed by atoms with Crippen LogP contribution in [0.2, 0.25) is 0 Å². The molecule has 5 nitrogen and oxygen atoms in total. The number of thioether (sulfide) groups is 1. The summed E-state index contributed by atoms with van der Waals surface area (Å²) in [7, 11) is 0. The van der Waals surface area contributed by atoms with E-state index in [9.17, 15) is 14.4 Å². The van der Waals surface area contributed by atoms with E-state index in [1.807, 2.05) is 4.90 Å². The van der Waals surface area contributed by atoms with Gasteiger partial charge < -0.3 is 4.90 Å². The van der Waals surface area contributed by atoms with Gasteiger partial charge in [-0.2, -0.15) is 0 Å². The molecule has 1 aliphatic carbocycles. The van der Waals surface area contributed by atoms with Crippen LogP contribution >= 0.6 is 11.8 Å². The van der Waals surface area contributed by atoms with Crippen molar-refractivity contribution in [2.45, 2.75) is 51.0 Å². The fourth-order valence-corrected chi connectivity index (χ4v) is 4.45. The van der Waals surface area contributed by atoms with Crippen molar-refractivity contribution >= 4 is 28.8 Å². The molecule has 0 aromatic rings. The Labute approximate surface area is 129 Å². The highest BCUT2D eigenvalue weighted by molar-refractivity contribution is 8.14. The average molecular weight is 310 g/mol. The van der Waals surface area contributed by atoms with Crippen LogP contribution in [0, 0.1) is 5.92 Å². The van der Waals surface area contributed by atoms with E-state index < -0.39 is 0 Å². The van der Waals surface area contributed by atoms with Crippen molar-refractivity contribution in [2.75, 3.05) is 18.8 Å². The van der Waals surface area contributed by atoms with Gasteiger partial charge in [0.05, 0.1) is 5.75 Å². The maximum absolute atomic E-state index is 12.5. The number of piperidine rings is 1. The highest BCUT2D eigenvalue weighted by atomic mass is 32.2. The summed E-state index contributed by atoms with van der Waals surface area (Å²) in [6, 6.07) is -0.00425. The van der Waals surface area contributed by atoms with Gasteiger partial charge >= 0.3 is 0 Å². The molecule has 1 saturated carbocycles. The van der Waals surface area contributed by atoms with Gasteiger partial charge in [0, 0.05) is 25.0 Å². The molecule has 0 atom stereocenters. The highest BCUT2D eigenvalue weighted by Gasteiger charge is 2.38. The first kappa shape index (κ1) is 14.9. The number of hydrogen-bond donors (Lipinski definition) is 0. The van der Waals surface area contributed by atoms with Crippen LogP contribution in [0.25, 0.3) is 0 Å². The lowest BCUT2D eigenvalue weighted by Gasteiger charge is -2.37. The van der Waals surface area contributed by atoms with E-state index in [0.29, 0.717) is 19.0 Å². The summed E-state index contributed by atoms with van der Waals surface area (Å²) in [5.74, 6) is 0.713. The maximum Gasteiger partial charge on any atom is 0.289 e. The third-order valence-electron chi connectivity index (χ3n) is 4.88. The predicted octanol–water partition coefficient (Wildman–Crippen LogP) is 2.25. The summed E-state index contributed by atoms with van der Waals surface area (Å²) < 4.78 is 0. The molecule has 0 bridgehead atoms. The summed E-state index contributed by atoms with van der Waals surface area (Å²) in [5.41, 5.74) is 0. The van der Waals surface area contributed by atoms with Crippen LogP contribution in [0.15, 0.2) is 0 Å². The van der Waals surface area contributed by atoms with Crippen LogP contribution in [0.5, 0.6) is 0 Å². The number of nitrogens with zero attached hydrogens (tertiary/aromatic N) is 2. The summed E-state index contributed by atoms with van der Waals surface area (Å²) in [4.78, 5) is 39.3. The molecule has 6 heteroatoms. The number of amides is 3. The van der Waals surface area contributed by atoms with Crippen LogP contribution in [-0.4, -0.2) is 51.7 Å². The molecule has 2 saturated heterocycles. The largest absolute Gasteiger partial charge is 0.342 e. The number of rotatable bonds is 2. The fraction of sp³-hybridized carbons (Fsp3) is 0.800. The molecule has 116 valence electrons. The lowest BCUT2D eigenvalue weighted by molar-refractivity contribution is -0.138. The van der Waals surface area contributed by atoms with Crippen molar-refractivity contribution < 1.29 is 14.4 Å². The van der Waals surface area contributed by atoms with E-state index in [4.69, 9.17) is 0 Å². The minimum Gasteiger partial charge on any atom is -0.342 e. The topological polar surface area (TPSA) is 57.7 Å². The first-order valence-electron chi connectivity index (χ1n) is 7.94. The van der Waals surface area contributed by atoms with Gasteiger partial charge in [-0.25, -0.2) is 0 Å². The van der Waals surface area contributed by atoms with E-state index in [0.717, 1.165) is 37.4 Å². The Morgan fingerprint density at radius 1 is 1.00 bits per heavy atom.